The molecule has 5 nitrogen and oxygen atoms in total. The molecule has 0 bridgehead atoms. The molecule has 0 unspecified atom stereocenters. The number of carbonyl (C=O) groups excluding carboxylic acids is 1. The first kappa shape index (κ1) is 16.7. The Morgan fingerprint density at radius 1 is 1.20 bits per heavy atom. The van der Waals surface area contributed by atoms with Crippen LogP contribution in [0, 0.1) is 18.3 Å². The standard InChI is InChI=1S/C19H15N3O2S/c1-14-13-25-19(21-14)22(16-8-3-2-4-9-16)18(23)12-24-17-10-6-5-7-15(17)11-20/h2-10,13H,12H2,1H3. The summed E-state index contributed by atoms with van der Waals surface area (Å²) >= 11 is 1.40. The Bertz CT molecular complexity index is 916. The number of aromatic nitrogens is 1. The fourth-order valence-electron chi connectivity index (χ4n) is 2.27. The highest BCUT2D eigenvalue weighted by atomic mass is 32.1. The predicted molar refractivity (Wildman–Crippen MR) is 97.1 cm³/mol. The molecule has 3 rings (SSSR count). The number of thiazole rings is 1. The zero-order valence-corrected chi connectivity index (χ0v) is 14.4. The number of nitriles is 1. The van der Waals surface area contributed by atoms with Crippen LogP contribution in [0.1, 0.15) is 11.3 Å². The quantitative estimate of drug-likeness (QED) is 0.696. The summed E-state index contributed by atoms with van der Waals surface area (Å²) < 4.78 is 5.58. The van der Waals surface area contributed by atoms with Gasteiger partial charge in [0.05, 0.1) is 16.9 Å². The molecule has 0 aliphatic heterocycles. The number of benzene rings is 2. The summed E-state index contributed by atoms with van der Waals surface area (Å²) in [5.74, 6) is 0.134. The highest BCUT2D eigenvalue weighted by Crippen LogP contribution is 2.28. The van der Waals surface area contributed by atoms with Gasteiger partial charge in [-0.3, -0.25) is 9.69 Å². The van der Waals surface area contributed by atoms with E-state index in [0.717, 1.165) is 11.4 Å². The maximum absolute atomic E-state index is 12.8. The molecule has 0 N–H and O–H groups in total. The van der Waals surface area contributed by atoms with Crippen LogP contribution in [0.25, 0.3) is 0 Å². The summed E-state index contributed by atoms with van der Waals surface area (Å²) in [4.78, 5) is 18.8. The average molecular weight is 349 g/mol. The van der Waals surface area contributed by atoms with Gasteiger partial charge in [0.25, 0.3) is 5.91 Å². The first-order valence-corrected chi connectivity index (χ1v) is 8.49. The Labute approximate surface area is 149 Å². The molecule has 1 amide bonds. The van der Waals surface area contributed by atoms with Crippen LogP contribution in [0.5, 0.6) is 5.75 Å². The van der Waals surface area contributed by atoms with Crippen LogP contribution in [0.3, 0.4) is 0 Å². The third-order valence-electron chi connectivity index (χ3n) is 3.42. The van der Waals surface area contributed by atoms with E-state index in [0.29, 0.717) is 16.4 Å². The first-order chi connectivity index (χ1) is 12.2. The SMILES string of the molecule is Cc1csc(N(C(=O)COc2ccccc2C#N)c2ccccc2)n1. The highest BCUT2D eigenvalue weighted by molar-refractivity contribution is 7.14. The van der Waals surface area contributed by atoms with Gasteiger partial charge in [0.15, 0.2) is 11.7 Å². The van der Waals surface area contributed by atoms with Crippen molar-refractivity contribution in [1.29, 1.82) is 5.26 Å². The molecule has 1 heterocycles. The van der Waals surface area contributed by atoms with Crippen LogP contribution in [0.15, 0.2) is 60.0 Å². The van der Waals surface area contributed by atoms with Gasteiger partial charge < -0.3 is 4.74 Å². The molecule has 0 saturated carbocycles. The van der Waals surface area contributed by atoms with E-state index >= 15 is 0 Å². The zero-order valence-electron chi connectivity index (χ0n) is 13.5. The Hall–Kier alpha value is -3.17. The molecule has 0 saturated heterocycles. The number of amides is 1. The minimum Gasteiger partial charge on any atom is -0.482 e. The summed E-state index contributed by atoms with van der Waals surface area (Å²) in [6.07, 6.45) is 0. The maximum Gasteiger partial charge on any atom is 0.271 e. The smallest absolute Gasteiger partial charge is 0.271 e. The number of hydrogen-bond acceptors (Lipinski definition) is 5. The largest absolute Gasteiger partial charge is 0.482 e. The third-order valence-corrected chi connectivity index (χ3v) is 4.36. The molecule has 25 heavy (non-hydrogen) atoms. The molecule has 2 aromatic carbocycles. The van der Waals surface area contributed by atoms with Crippen LogP contribution in [0.2, 0.25) is 0 Å². The van der Waals surface area contributed by atoms with Crippen molar-refractivity contribution in [2.24, 2.45) is 0 Å². The first-order valence-electron chi connectivity index (χ1n) is 7.61. The van der Waals surface area contributed by atoms with Crippen molar-refractivity contribution in [2.75, 3.05) is 11.5 Å². The van der Waals surface area contributed by atoms with Crippen molar-refractivity contribution in [3.8, 4) is 11.8 Å². The average Bonchev–Trinajstić information content (AvgIpc) is 3.07. The number of nitrogens with zero attached hydrogens (tertiary/aromatic N) is 3. The van der Waals surface area contributed by atoms with E-state index in [-0.39, 0.29) is 12.5 Å². The van der Waals surface area contributed by atoms with Crippen molar-refractivity contribution >= 4 is 28.1 Å². The number of rotatable bonds is 5. The monoisotopic (exact) mass is 349 g/mol. The van der Waals surface area contributed by atoms with Gasteiger partial charge in [-0.2, -0.15) is 5.26 Å². The van der Waals surface area contributed by atoms with Crippen LogP contribution < -0.4 is 9.64 Å². The van der Waals surface area contributed by atoms with Gasteiger partial charge in [-0.1, -0.05) is 30.3 Å². The van der Waals surface area contributed by atoms with Crippen LogP contribution in [0.4, 0.5) is 10.8 Å². The second kappa shape index (κ2) is 7.60. The van der Waals surface area contributed by atoms with E-state index in [2.05, 4.69) is 11.1 Å². The Morgan fingerprint density at radius 3 is 2.60 bits per heavy atom. The lowest BCUT2D eigenvalue weighted by Crippen LogP contribution is -2.31. The van der Waals surface area contributed by atoms with Gasteiger partial charge in [-0.25, -0.2) is 4.98 Å². The molecule has 124 valence electrons. The summed E-state index contributed by atoms with van der Waals surface area (Å²) in [6.45, 7) is 1.69. The zero-order chi connectivity index (χ0) is 17.6. The van der Waals surface area contributed by atoms with Crippen molar-refractivity contribution in [3.05, 3.63) is 71.2 Å². The molecule has 0 fully saturated rings. The fraction of sp³-hybridized carbons (Fsp3) is 0.105. The summed E-state index contributed by atoms with van der Waals surface area (Å²) in [5, 5.41) is 11.6. The Balaban J connectivity index is 1.84. The van der Waals surface area contributed by atoms with Gasteiger partial charge in [0.2, 0.25) is 0 Å². The predicted octanol–water partition coefficient (Wildman–Crippen LogP) is 4.07. The minimum atomic E-state index is -0.256. The fourth-order valence-corrected chi connectivity index (χ4v) is 3.11. The number of anilines is 2. The molecule has 0 atom stereocenters. The topological polar surface area (TPSA) is 66.2 Å². The van der Waals surface area contributed by atoms with Gasteiger partial charge in [0, 0.05) is 5.38 Å². The van der Waals surface area contributed by atoms with Crippen LogP contribution >= 0.6 is 11.3 Å². The van der Waals surface area contributed by atoms with E-state index < -0.39 is 0 Å². The van der Waals surface area contributed by atoms with Crippen molar-refractivity contribution in [3.63, 3.8) is 0 Å². The normalized spacial score (nSPS) is 10.1. The molecular weight excluding hydrogens is 334 g/mol. The van der Waals surface area contributed by atoms with E-state index in [9.17, 15) is 4.79 Å². The molecule has 0 radical (unpaired) electrons. The van der Waals surface area contributed by atoms with E-state index in [1.165, 1.54) is 16.2 Å². The Morgan fingerprint density at radius 2 is 1.92 bits per heavy atom. The molecule has 1 aromatic heterocycles. The third kappa shape index (κ3) is 3.84. The minimum absolute atomic E-state index is 0.188. The molecule has 6 heteroatoms. The van der Waals surface area contributed by atoms with Gasteiger partial charge in [0.1, 0.15) is 11.8 Å². The number of hydrogen-bond donors (Lipinski definition) is 0. The molecule has 0 spiro atoms. The summed E-state index contributed by atoms with van der Waals surface area (Å²) in [5.41, 5.74) is 1.97. The van der Waals surface area contributed by atoms with Crippen LogP contribution in [-0.2, 0) is 4.79 Å². The van der Waals surface area contributed by atoms with E-state index in [1.54, 1.807) is 24.3 Å². The summed E-state index contributed by atoms with van der Waals surface area (Å²) in [7, 11) is 0. The van der Waals surface area contributed by atoms with Crippen molar-refractivity contribution < 1.29 is 9.53 Å². The van der Waals surface area contributed by atoms with Crippen LogP contribution in [-0.4, -0.2) is 17.5 Å². The lowest BCUT2D eigenvalue weighted by atomic mass is 10.2. The number of aryl methyl sites for hydroxylation is 1. The molecular formula is C19H15N3O2S. The second-order valence-corrected chi connectivity index (χ2v) is 6.07. The maximum atomic E-state index is 12.8. The molecule has 3 aromatic rings. The van der Waals surface area contributed by atoms with Crippen molar-refractivity contribution in [2.45, 2.75) is 6.92 Å². The molecule has 0 aliphatic carbocycles. The van der Waals surface area contributed by atoms with E-state index in [1.807, 2.05) is 42.6 Å². The number of ether oxygens (including phenoxy) is 1. The lowest BCUT2D eigenvalue weighted by Gasteiger charge is -2.20. The van der Waals surface area contributed by atoms with Crippen molar-refractivity contribution in [1.82, 2.24) is 4.98 Å². The number of carbonyl (C=O) groups is 1. The van der Waals surface area contributed by atoms with E-state index in [4.69, 9.17) is 10.00 Å². The Kier molecular flexibility index (Phi) is 5.07. The van der Waals surface area contributed by atoms with Gasteiger partial charge >= 0.3 is 0 Å². The number of para-hydroxylation sites is 2. The second-order valence-electron chi connectivity index (χ2n) is 5.23. The molecule has 0 aliphatic rings. The lowest BCUT2D eigenvalue weighted by molar-refractivity contribution is -0.119. The van der Waals surface area contributed by atoms with Gasteiger partial charge in [-0.05, 0) is 31.2 Å². The van der Waals surface area contributed by atoms with Gasteiger partial charge in [-0.15, -0.1) is 11.3 Å². The highest BCUT2D eigenvalue weighted by Gasteiger charge is 2.21. The summed E-state index contributed by atoms with van der Waals surface area (Å²) in [6, 6.07) is 18.2.